The van der Waals surface area contributed by atoms with Crippen LogP contribution in [0.5, 0.6) is 0 Å². The van der Waals surface area contributed by atoms with Gasteiger partial charge in [0.05, 0.1) is 5.69 Å². The third kappa shape index (κ3) is 4.64. The molecule has 1 aromatic carbocycles. The van der Waals surface area contributed by atoms with Gasteiger partial charge >= 0.3 is 5.97 Å². The summed E-state index contributed by atoms with van der Waals surface area (Å²) in [6.45, 7) is 8.95. The highest BCUT2D eigenvalue weighted by Crippen LogP contribution is 2.28. The number of aryl methyl sites for hydroxylation is 1. The Hall–Kier alpha value is -2.21. The molecule has 0 saturated carbocycles. The van der Waals surface area contributed by atoms with E-state index in [1.165, 1.54) is 11.3 Å². The minimum atomic E-state index is -0.863. The Morgan fingerprint density at radius 3 is 2.42 bits per heavy atom. The lowest BCUT2D eigenvalue weighted by Gasteiger charge is -2.23. The molecule has 0 aliphatic rings. The molecule has 2 aromatic rings. The lowest BCUT2D eigenvalue weighted by Crippen LogP contribution is -2.46. The van der Waals surface area contributed by atoms with Crippen molar-refractivity contribution >= 4 is 23.2 Å². The van der Waals surface area contributed by atoms with Crippen LogP contribution in [0.1, 0.15) is 43.1 Å². The summed E-state index contributed by atoms with van der Waals surface area (Å²) in [6.07, 6.45) is -0.863. The highest BCUT2D eigenvalue weighted by Gasteiger charge is 2.25. The standard InChI is InChI=1S/C18H22N2O3S/c1-11-14(24-16(19-11)13-9-7-6-8-10-13)17(22)23-12(2)15(21)20-18(3,4)5/h6-10,12H,1-5H3,(H,20,21)/t12-/m0/s1. The summed E-state index contributed by atoms with van der Waals surface area (Å²) >= 11 is 1.27. The van der Waals surface area contributed by atoms with E-state index in [0.717, 1.165) is 10.6 Å². The smallest absolute Gasteiger partial charge is 0.351 e. The van der Waals surface area contributed by atoms with E-state index in [2.05, 4.69) is 10.3 Å². The molecule has 128 valence electrons. The molecule has 6 heteroatoms. The van der Waals surface area contributed by atoms with Crippen molar-refractivity contribution in [3.05, 3.63) is 40.9 Å². The second-order valence-electron chi connectivity index (χ2n) is 6.59. The molecular weight excluding hydrogens is 324 g/mol. The zero-order chi connectivity index (χ0) is 17.9. The van der Waals surface area contributed by atoms with Crippen molar-refractivity contribution in [1.29, 1.82) is 0 Å². The number of esters is 1. The van der Waals surface area contributed by atoms with Crippen LogP contribution < -0.4 is 5.32 Å². The van der Waals surface area contributed by atoms with Gasteiger partial charge in [-0.2, -0.15) is 0 Å². The lowest BCUT2D eigenvalue weighted by atomic mass is 10.1. The van der Waals surface area contributed by atoms with Crippen LogP contribution in [0.25, 0.3) is 10.6 Å². The number of aromatic nitrogens is 1. The number of benzene rings is 1. The third-order valence-electron chi connectivity index (χ3n) is 3.15. The van der Waals surface area contributed by atoms with Gasteiger partial charge < -0.3 is 10.1 Å². The molecule has 0 radical (unpaired) electrons. The molecule has 0 unspecified atom stereocenters. The van der Waals surface area contributed by atoms with Crippen molar-refractivity contribution in [3.8, 4) is 10.6 Å². The number of ether oxygens (including phenoxy) is 1. The summed E-state index contributed by atoms with van der Waals surface area (Å²) in [5, 5.41) is 3.55. The molecule has 1 atom stereocenters. The molecule has 1 amide bonds. The van der Waals surface area contributed by atoms with E-state index < -0.39 is 12.1 Å². The Bertz CT molecular complexity index is 732. The minimum absolute atomic E-state index is 0.318. The van der Waals surface area contributed by atoms with Crippen LogP contribution in [-0.2, 0) is 9.53 Å². The molecule has 0 aliphatic heterocycles. The first-order valence-corrected chi connectivity index (χ1v) is 8.55. The number of carbonyl (C=O) groups excluding carboxylic acids is 2. The Morgan fingerprint density at radius 2 is 1.83 bits per heavy atom. The van der Waals surface area contributed by atoms with Crippen molar-refractivity contribution < 1.29 is 14.3 Å². The molecular formula is C18H22N2O3S. The zero-order valence-electron chi connectivity index (χ0n) is 14.5. The van der Waals surface area contributed by atoms with Crippen LogP contribution in [0, 0.1) is 6.92 Å². The SMILES string of the molecule is Cc1nc(-c2ccccc2)sc1C(=O)O[C@@H](C)C(=O)NC(C)(C)C. The Kier molecular flexibility index (Phi) is 5.39. The number of hydrogen-bond acceptors (Lipinski definition) is 5. The largest absolute Gasteiger partial charge is 0.448 e. The van der Waals surface area contributed by atoms with Gasteiger partial charge in [-0.25, -0.2) is 9.78 Å². The van der Waals surface area contributed by atoms with Gasteiger partial charge in [0.2, 0.25) is 0 Å². The van der Waals surface area contributed by atoms with Crippen LogP contribution in [0.15, 0.2) is 30.3 Å². The van der Waals surface area contributed by atoms with Gasteiger partial charge in [-0.1, -0.05) is 30.3 Å². The summed E-state index contributed by atoms with van der Waals surface area (Å²) in [6, 6.07) is 9.64. The average Bonchev–Trinajstić information content (AvgIpc) is 2.88. The third-order valence-corrected chi connectivity index (χ3v) is 4.34. The molecule has 1 heterocycles. The quantitative estimate of drug-likeness (QED) is 0.859. The van der Waals surface area contributed by atoms with Crippen molar-refractivity contribution in [2.75, 3.05) is 0 Å². The second kappa shape index (κ2) is 7.13. The number of thiazole rings is 1. The van der Waals surface area contributed by atoms with Crippen molar-refractivity contribution in [3.63, 3.8) is 0 Å². The van der Waals surface area contributed by atoms with Gasteiger partial charge in [-0.3, -0.25) is 4.79 Å². The van der Waals surface area contributed by atoms with Crippen molar-refractivity contribution in [2.24, 2.45) is 0 Å². The molecule has 5 nitrogen and oxygen atoms in total. The van der Waals surface area contributed by atoms with Crippen molar-refractivity contribution in [1.82, 2.24) is 10.3 Å². The fraction of sp³-hybridized carbons (Fsp3) is 0.389. The van der Waals surface area contributed by atoms with E-state index in [1.54, 1.807) is 13.8 Å². The Labute approximate surface area is 146 Å². The Morgan fingerprint density at radius 1 is 1.21 bits per heavy atom. The van der Waals surface area contributed by atoms with Gasteiger partial charge in [0.15, 0.2) is 6.10 Å². The molecule has 24 heavy (non-hydrogen) atoms. The first kappa shape index (κ1) is 18.1. The monoisotopic (exact) mass is 346 g/mol. The van der Waals surface area contributed by atoms with Crippen LogP contribution in [0.3, 0.4) is 0 Å². The van der Waals surface area contributed by atoms with Crippen LogP contribution in [0.4, 0.5) is 0 Å². The highest BCUT2D eigenvalue weighted by molar-refractivity contribution is 7.17. The summed E-state index contributed by atoms with van der Waals surface area (Å²) in [5.41, 5.74) is 1.17. The zero-order valence-corrected chi connectivity index (χ0v) is 15.4. The second-order valence-corrected chi connectivity index (χ2v) is 7.59. The van der Waals surface area contributed by atoms with Gasteiger partial charge in [0.25, 0.3) is 5.91 Å². The van der Waals surface area contributed by atoms with E-state index in [1.807, 2.05) is 51.1 Å². The molecule has 0 fully saturated rings. The fourth-order valence-corrected chi connectivity index (χ4v) is 2.98. The molecule has 2 rings (SSSR count). The summed E-state index contributed by atoms with van der Waals surface area (Å²) in [5.74, 6) is -0.843. The molecule has 1 N–H and O–H groups in total. The highest BCUT2D eigenvalue weighted by atomic mass is 32.1. The fourth-order valence-electron chi connectivity index (χ4n) is 2.03. The number of carbonyl (C=O) groups is 2. The topological polar surface area (TPSA) is 68.3 Å². The van der Waals surface area contributed by atoms with E-state index in [0.29, 0.717) is 10.6 Å². The van der Waals surface area contributed by atoms with E-state index in [4.69, 9.17) is 4.74 Å². The maximum atomic E-state index is 12.4. The summed E-state index contributed by atoms with van der Waals surface area (Å²) in [4.78, 5) is 29.2. The van der Waals surface area contributed by atoms with E-state index in [9.17, 15) is 9.59 Å². The van der Waals surface area contributed by atoms with Gasteiger partial charge in [0.1, 0.15) is 9.88 Å². The molecule has 0 aliphatic carbocycles. The average molecular weight is 346 g/mol. The first-order valence-electron chi connectivity index (χ1n) is 7.73. The lowest BCUT2D eigenvalue weighted by molar-refractivity contribution is -0.130. The van der Waals surface area contributed by atoms with Gasteiger partial charge in [0, 0.05) is 11.1 Å². The minimum Gasteiger partial charge on any atom is -0.448 e. The van der Waals surface area contributed by atoms with Crippen LogP contribution >= 0.6 is 11.3 Å². The molecule has 1 aromatic heterocycles. The predicted molar refractivity (Wildman–Crippen MR) is 95.1 cm³/mol. The first-order chi connectivity index (χ1) is 11.2. The number of hydrogen-bond donors (Lipinski definition) is 1. The van der Waals surface area contributed by atoms with E-state index in [-0.39, 0.29) is 11.4 Å². The number of amides is 1. The predicted octanol–water partition coefficient (Wildman–Crippen LogP) is 3.58. The van der Waals surface area contributed by atoms with Gasteiger partial charge in [-0.15, -0.1) is 11.3 Å². The number of nitrogens with zero attached hydrogens (tertiary/aromatic N) is 1. The van der Waals surface area contributed by atoms with Gasteiger partial charge in [-0.05, 0) is 34.6 Å². The van der Waals surface area contributed by atoms with E-state index >= 15 is 0 Å². The summed E-state index contributed by atoms with van der Waals surface area (Å²) < 4.78 is 5.29. The number of nitrogens with one attached hydrogen (secondary N) is 1. The van der Waals surface area contributed by atoms with Crippen LogP contribution in [0.2, 0.25) is 0 Å². The summed E-state index contributed by atoms with van der Waals surface area (Å²) in [7, 11) is 0. The maximum Gasteiger partial charge on any atom is 0.351 e. The maximum absolute atomic E-state index is 12.4. The molecule has 0 saturated heterocycles. The Balaban J connectivity index is 2.10. The molecule has 0 bridgehead atoms. The van der Waals surface area contributed by atoms with Crippen molar-refractivity contribution in [2.45, 2.75) is 46.3 Å². The number of rotatable bonds is 4. The molecule has 0 spiro atoms. The van der Waals surface area contributed by atoms with Crippen LogP contribution in [-0.4, -0.2) is 28.5 Å². The normalized spacial score (nSPS) is 12.5.